The standard InChI is InChI=1S/C11H12N2O2.C6H15N5O2.2C6H14N4O2.3C3H7NO2S/c12-9(11(14)15)5-7-6-13-10-4-2-1-3-8(7)10;7-6(8)10-3-1-2-4(11-9)5(12)13;2*7-4(5(11)12)2-1-3-10-6(8)9;3*4-2(1-7)3(5)6/h1-4,6,9,13H,5,12H2,(H,14,15);4,11H,1-3,9H2,(H,12,13)(H4,7,8,10);2*4H,1-3,7H2,(H,11,12)(H4,8,9,10);3*2,7H,1,4H2,(H,5,6). The fourth-order valence-electron chi connectivity index (χ4n) is 4.00. The van der Waals surface area contributed by atoms with Crippen molar-refractivity contribution in [3.63, 3.8) is 0 Å². The molecule has 0 aliphatic heterocycles. The van der Waals surface area contributed by atoms with Gasteiger partial charge in [-0.25, -0.2) is 5.43 Å². The molecule has 2 rings (SSSR count). The van der Waals surface area contributed by atoms with Crippen molar-refractivity contribution in [3.8, 4) is 0 Å². The number of H-pyrrole nitrogens is 1. The van der Waals surface area contributed by atoms with Crippen molar-refractivity contribution >= 4 is 108 Å². The smallest absolute Gasteiger partial charge is 0.322 e. The summed E-state index contributed by atoms with van der Waals surface area (Å²) in [5.41, 5.74) is 49.9. The van der Waals surface area contributed by atoms with E-state index < -0.39 is 84.1 Å². The van der Waals surface area contributed by atoms with Crippen LogP contribution in [0.4, 0.5) is 0 Å². The van der Waals surface area contributed by atoms with E-state index in [0.717, 1.165) is 16.5 Å². The van der Waals surface area contributed by atoms with Gasteiger partial charge in [0.15, 0.2) is 17.9 Å². The number of nitrogens with one attached hydrogen (secondary N) is 8. The zero-order chi connectivity index (χ0) is 57.8. The largest absolute Gasteiger partial charge is 0.480 e. The molecule has 0 saturated heterocycles. The first-order valence-corrected chi connectivity index (χ1v) is 23.0. The summed E-state index contributed by atoms with van der Waals surface area (Å²) in [4.78, 5) is 73.8. The van der Waals surface area contributed by atoms with Gasteiger partial charge >= 0.3 is 41.8 Å². The number of hydrazine groups is 1. The van der Waals surface area contributed by atoms with Crippen LogP contribution < -0.4 is 78.8 Å². The maximum Gasteiger partial charge on any atom is 0.322 e. The molecule has 1 aromatic carbocycles. The molecule has 35 N–H and O–H groups in total. The lowest BCUT2D eigenvalue weighted by molar-refractivity contribution is -0.140. The lowest BCUT2D eigenvalue weighted by Gasteiger charge is -2.10. The number of nitrogens with two attached hydrogens (primary N) is 10. The normalized spacial score (nSPS) is 12.6. The molecule has 420 valence electrons. The summed E-state index contributed by atoms with van der Waals surface area (Å²) in [5.74, 6) is -1.75. The summed E-state index contributed by atoms with van der Waals surface area (Å²) >= 11 is 10.9. The van der Waals surface area contributed by atoms with E-state index in [0.29, 0.717) is 64.6 Å². The molecule has 0 aliphatic rings. The van der Waals surface area contributed by atoms with Crippen molar-refractivity contribution in [2.24, 2.45) is 57.4 Å². The fourth-order valence-corrected chi connectivity index (χ4v) is 4.47. The van der Waals surface area contributed by atoms with Gasteiger partial charge in [-0.1, -0.05) is 18.2 Å². The first-order valence-electron chi connectivity index (χ1n) is 21.1. The van der Waals surface area contributed by atoms with Crippen LogP contribution in [0.5, 0.6) is 0 Å². The highest BCUT2D eigenvalue weighted by atomic mass is 32.1. The van der Waals surface area contributed by atoms with Crippen LogP contribution in [-0.2, 0) is 40.0 Å². The van der Waals surface area contributed by atoms with Crippen molar-refractivity contribution in [2.75, 3.05) is 36.9 Å². The Bertz CT molecular complexity index is 1860. The van der Waals surface area contributed by atoms with Crippen LogP contribution in [0.25, 0.3) is 10.9 Å². The molecule has 0 spiro atoms. The Morgan fingerprint density at radius 3 is 1.08 bits per heavy atom. The van der Waals surface area contributed by atoms with Gasteiger partial charge in [-0.3, -0.25) is 55.6 Å². The van der Waals surface area contributed by atoms with Gasteiger partial charge in [-0.05, 0) is 50.2 Å². The molecule has 7 unspecified atom stereocenters. The second kappa shape index (κ2) is 46.6. The highest BCUT2D eigenvalue weighted by Crippen LogP contribution is 2.18. The average Bonchev–Trinajstić information content (AvgIpc) is 3.73. The van der Waals surface area contributed by atoms with Crippen molar-refractivity contribution in [2.45, 2.75) is 87.2 Å². The number of benzene rings is 1. The Hall–Kier alpha value is -6.41. The van der Waals surface area contributed by atoms with Crippen LogP contribution in [-0.4, -0.2) is 180 Å². The highest BCUT2D eigenvalue weighted by molar-refractivity contribution is 7.80. The minimum absolute atomic E-state index is 0.112. The number of rotatable bonds is 25. The summed E-state index contributed by atoms with van der Waals surface area (Å²) < 4.78 is 0. The van der Waals surface area contributed by atoms with Gasteiger partial charge in [0.05, 0.1) is 0 Å². The van der Waals surface area contributed by atoms with Crippen LogP contribution in [0.2, 0.25) is 0 Å². The van der Waals surface area contributed by atoms with Gasteiger partial charge in [0, 0.05) is 60.4 Å². The molecule has 0 amide bonds. The maximum absolute atomic E-state index is 10.6. The maximum atomic E-state index is 10.6. The van der Waals surface area contributed by atoms with E-state index in [2.05, 4.69) is 64.2 Å². The number of carboxylic acid groups (broad SMARTS) is 7. The van der Waals surface area contributed by atoms with E-state index >= 15 is 0 Å². The lowest BCUT2D eigenvalue weighted by Crippen LogP contribution is -2.42. The third kappa shape index (κ3) is 47.7. The number of para-hydroxylation sites is 1. The molecule has 35 heteroatoms. The summed E-state index contributed by atoms with van der Waals surface area (Å²) in [6, 6.07) is 2.08. The molecule has 1 heterocycles. The van der Waals surface area contributed by atoms with Crippen molar-refractivity contribution in [3.05, 3.63) is 36.0 Å². The third-order valence-electron chi connectivity index (χ3n) is 8.11. The minimum Gasteiger partial charge on any atom is -0.480 e. The molecule has 0 aliphatic carbocycles. The van der Waals surface area contributed by atoms with E-state index in [1.807, 2.05) is 30.5 Å². The monoisotopic (exact) mass is 1100 g/mol. The summed E-state index contributed by atoms with van der Waals surface area (Å²) in [5, 5.41) is 87.1. The zero-order valence-corrected chi connectivity index (χ0v) is 42.4. The Labute approximate surface area is 436 Å². The van der Waals surface area contributed by atoms with Gasteiger partial charge in [0.2, 0.25) is 0 Å². The molecular formula is C38H76N18O14S3. The topological polar surface area (TPSA) is 657 Å². The Morgan fingerprint density at radius 2 is 0.822 bits per heavy atom. The quantitative estimate of drug-likeness (QED) is 0.0110. The Morgan fingerprint density at radius 1 is 0.507 bits per heavy atom. The number of guanidine groups is 3. The molecule has 0 fully saturated rings. The molecule has 32 nitrogen and oxygen atoms in total. The summed E-state index contributed by atoms with van der Waals surface area (Å²) in [7, 11) is 0. The van der Waals surface area contributed by atoms with Crippen molar-refractivity contribution < 1.29 is 69.3 Å². The number of fused-ring (bicyclic) bond motifs is 1. The van der Waals surface area contributed by atoms with E-state index in [4.69, 9.17) is 109 Å². The number of hydrogen-bond donors (Lipinski definition) is 28. The number of aliphatic carboxylic acids is 7. The summed E-state index contributed by atoms with van der Waals surface area (Å²) in [6.45, 7) is 1.44. The fraction of sp³-hybridized carbons (Fsp3) is 0.526. The molecule has 0 radical (unpaired) electrons. The number of carbonyl (C=O) groups is 7. The molecule has 0 bridgehead atoms. The van der Waals surface area contributed by atoms with Crippen LogP contribution in [0.1, 0.15) is 44.1 Å². The SMILES string of the molecule is N=C(N)NCCCC(N)C(=O)O.N=C(N)NCCCC(N)C(=O)O.N=C(N)NCCCC(NN)C(=O)O.NC(CS)C(=O)O.NC(CS)C(=O)O.NC(CS)C(=O)O.NC(Cc1c[nH]c2ccccc12)C(=O)O. The minimum atomic E-state index is -1.00. The first kappa shape index (κ1) is 75.5. The van der Waals surface area contributed by atoms with Crippen LogP contribution in [0, 0.1) is 16.2 Å². The third-order valence-corrected chi connectivity index (χ3v) is 9.29. The number of hydrogen-bond acceptors (Lipinski definition) is 21. The van der Waals surface area contributed by atoms with Gasteiger partial charge in [-0.2, -0.15) is 37.9 Å². The number of aromatic amines is 1. The van der Waals surface area contributed by atoms with Crippen LogP contribution in [0.15, 0.2) is 30.5 Å². The molecule has 2 aromatic rings. The molecule has 0 saturated carbocycles. The second-order valence-electron chi connectivity index (χ2n) is 14.3. The number of aromatic nitrogens is 1. The lowest BCUT2D eigenvalue weighted by atomic mass is 10.1. The van der Waals surface area contributed by atoms with Gasteiger partial charge in [0.25, 0.3) is 0 Å². The average molecular weight is 1110 g/mol. The van der Waals surface area contributed by atoms with Crippen molar-refractivity contribution in [1.82, 2.24) is 26.4 Å². The summed E-state index contributed by atoms with van der Waals surface area (Å²) in [6.07, 6.45) is 5.09. The Balaban J connectivity index is -0.000000251. The Kier molecular flexibility index (Phi) is 48.3. The van der Waals surface area contributed by atoms with E-state index in [9.17, 15) is 33.6 Å². The van der Waals surface area contributed by atoms with E-state index in [1.165, 1.54) is 0 Å². The first-order chi connectivity index (χ1) is 33.9. The van der Waals surface area contributed by atoms with Gasteiger partial charge in [-0.15, -0.1) is 0 Å². The number of thiol groups is 3. The zero-order valence-electron chi connectivity index (χ0n) is 39.7. The van der Waals surface area contributed by atoms with E-state index in [-0.39, 0.29) is 35.1 Å². The predicted molar refractivity (Wildman–Crippen MR) is 283 cm³/mol. The molecule has 1 aromatic heterocycles. The van der Waals surface area contributed by atoms with Crippen molar-refractivity contribution in [1.29, 1.82) is 16.2 Å². The highest BCUT2D eigenvalue weighted by Gasteiger charge is 2.16. The van der Waals surface area contributed by atoms with Gasteiger partial charge in [0.1, 0.15) is 42.3 Å². The number of carboxylic acids is 7. The van der Waals surface area contributed by atoms with E-state index in [1.54, 1.807) is 0 Å². The second-order valence-corrected chi connectivity index (χ2v) is 15.4. The molecular weight excluding hydrogens is 1030 g/mol. The molecule has 7 atom stereocenters. The van der Waals surface area contributed by atoms with Gasteiger partial charge < -0.3 is 108 Å². The molecule has 73 heavy (non-hydrogen) atoms. The van der Waals surface area contributed by atoms with Crippen LogP contribution in [0.3, 0.4) is 0 Å². The predicted octanol–water partition coefficient (Wildman–Crippen LogP) is -5.40. The van der Waals surface area contributed by atoms with Crippen LogP contribution >= 0.6 is 37.9 Å².